The summed E-state index contributed by atoms with van der Waals surface area (Å²) in [5, 5.41) is 9.28. The molecule has 2 saturated heterocycles. The van der Waals surface area contributed by atoms with Crippen LogP contribution in [0.25, 0.3) is 0 Å². The molecule has 3 fully saturated rings. The van der Waals surface area contributed by atoms with Gasteiger partial charge in [-0.05, 0) is 32.1 Å². The number of halogens is 1. The van der Waals surface area contributed by atoms with Gasteiger partial charge in [0.25, 0.3) is 0 Å². The number of hydrogen-bond acceptors (Lipinski definition) is 3. The molecule has 0 aromatic rings. The van der Waals surface area contributed by atoms with Crippen LogP contribution in [0.4, 0.5) is 4.79 Å². The van der Waals surface area contributed by atoms with E-state index >= 15 is 0 Å². The van der Waals surface area contributed by atoms with Crippen LogP contribution in [-0.4, -0.2) is 54.6 Å². The number of urea groups is 1. The Hall–Kier alpha value is -1.01. The van der Waals surface area contributed by atoms with Gasteiger partial charge in [0.1, 0.15) is 0 Å². The maximum absolute atomic E-state index is 12.3. The zero-order chi connectivity index (χ0) is 15.4. The van der Waals surface area contributed by atoms with Crippen LogP contribution in [0.1, 0.15) is 51.4 Å². The van der Waals surface area contributed by atoms with Gasteiger partial charge >= 0.3 is 6.03 Å². The van der Waals surface area contributed by atoms with E-state index in [-0.39, 0.29) is 36.9 Å². The van der Waals surface area contributed by atoms with E-state index in [1.165, 1.54) is 25.7 Å². The Balaban J connectivity index is 0.00000192. The minimum Gasteiger partial charge on any atom is -0.340 e. The normalized spacial score (nSPS) is 27.7. The van der Waals surface area contributed by atoms with E-state index in [1.807, 2.05) is 4.90 Å². The molecule has 1 aliphatic carbocycles. The van der Waals surface area contributed by atoms with Gasteiger partial charge in [0.2, 0.25) is 5.91 Å². The van der Waals surface area contributed by atoms with E-state index in [0.29, 0.717) is 12.1 Å². The molecule has 0 aromatic carbocycles. The van der Waals surface area contributed by atoms with Crippen LogP contribution in [0, 0.1) is 0 Å². The van der Waals surface area contributed by atoms with Crippen molar-refractivity contribution in [3.8, 4) is 0 Å². The highest BCUT2D eigenvalue weighted by atomic mass is 35.5. The van der Waals surface area contributed by atoms with Gasteiger partial charge in [-0.3, -0.25) is 4.79 Å². The predicted molar refractivity (Wildman–Crippen MR) is 91.8 cm³/mol. The Morgan fingerprint density at radius 2 is 1.74 bits per heavy atom. The highest BCUT2D eigenvalue weighted by Crippen LogP contribution is 2.20. The molecule has 23 heavy (non-hydrogen) atoms. The van der Waals surface area contributed by atoms with Gasteiger partial charge in [-0.2, -0.15) is 0 Å². The van der Waals surface area contributed by atoms with Crippen molar-refractivity contribution >= 4 is 24.3 Å². The van der Waals surface area contributed by atoms with E-state index in [9.17, 15) is 9.59 Å². The van der Waals surface area contributed by atoms with E-state index < -0.39 is 0 Å². The van der Waals surface area contributed by atoms with Crippen LogP contribution in [0.3, 0.4) is 0 Å². The van der Waals surface area contributed by atoms with E-state index in [4.69, 9.17) is 0 Å². The lowest BCUT2D eigenvalue weighted by atomic mass is 9.96. The second kappa shape index (κ2) is 8.73. The van der Waals surface area contributed by atoms with Crippen molar-refractivity contribution in [1.29, 1.82) is 0 Å². The zero-order valence-corrected chi connectivity index (χ0v) is 14.5. The molecule has 2 atom stereocenters. The van der Waals surface area contributed by atoms with Crippen LogP contribution in [0.15, 0.2) is 0 Å². The Bertz CT molecular complexity index is 415. The van der Waals surface area contributed by atoms with Crippen molar-refractivity contribution in [3.05, 3.63) is 0 Å². The lowest BCUT2D eigenvalue weighted by Crippen LogP contribution is -2.48. The second-order valence-corrected chi connectivity index (χ2v) is 6.93. The van der Waals surface area contributed by atoms with Gasteiger partial charge in [0.05, 0.1) is 6.54 Å². The van der Waals surface area contributed by atoms with Crippen LogP contribution >= 0.6 is 12.4 Å². The molecule has 2 heterocycles. The van der Waals surface area contributed by atoms with Crippen LogP contribution in [0.5, 0.6) is 0 Å². The maximum Gasteiger partial charge on any atom is 0.315 e. The van der Waals surface area contributed by atoms with Gasteiger partial charge in [-0.25, -0.2) is 4.79 Å². The third kappa shape index (κ3) is 5.24. The van der Waals surface area contributed by atoms with Crippen molar-refractivity contribution in [2.45, 2.75) is 69.5 Å². The molecule has 3 N–H and O–H groups in total. The molecule has 3 rings (SSSR count). The lowest BCUT2D eigenvalue weighted by Gasteiger charge is -2.25. The van der Waals surface area contributed by atoms with Gasteiger partial charge < -0.3 is 20.9 Å². The number of hydrogen-bond donors (Lipinski definition) is 3. The minimum absolute atomic E-state index is 0. The summed E-state index contributed by atoms with van der Waals surface area (Å²) in [6.07, 6.45) is 9.17. The Morgan fingerprint density at radius 1 is 1.00 bits per heavy atom. The number of carbonyl (C=O) groups is 2. The summed E-state index contributed by atoms with van der Waals surface area (Å²) in [6.45, 7) is 1.69. The first kappa shape index (κ1) is 18.3. The van der Waals surface area contributed by atoms with Crippen molar-refractivity contribution < 1.29 is 9.59 Å². The average Bonchev–Trinajstić information content (AvgIpc) is 2.85. The maximum atomic E-state index is 12.3. The molecule has 0 radical (unpaired) electrons. The minimum atomic E-state index is -0.199. The molecule has 1 saturated carbocycles. The average molecular weight is 345 g/mol. The summed E-state index contributed by atoms with van der Waals surface area (Å²) in [6, 6.07) is 1.09. The van der Waals surface area contributed by atoms with E-state index in [1.54, 1.807) is 0 Å². The summed E-state index contributed by atoms with van der Waals surface area (Å²) < 4.78 is 0. The lowest BCUT2D eigenvalue weighted by molar-refractivity contribution is -0.130. The first-order valence-electron chi connectivity index (χ1n) is 8.79. The molecule has 0 aromatic heterocycles. The zero-order valence-electron chi connectivity index (χ0n) is 13.7. The third-order valence-electron chi connectivity index (χ3n) is 5.22. The molecule has 7 heteroatoms. The first-order valence-corrected chi connectivity index (χ1v) is 8.79. The van der Waals surface area contributed by atoms with Crippen molar-refractivity contribution in [2.75, 3.05) is 19.6 Å². The molecule has 2 unspecified atom stereocenters. The number of amides is 3. The standard InChI is InChI=1S/C16H28N4O2.ClH/c21-15(20-9-8-13-6-7-14(11-20)18-13)10-17-16(22)19-12-4-2-1-3-5-12;/h12-14,18H,1-11H2,(H2,17,19,22);1H. The number of rotatable bonds is 3. The molecule has 132 valence electrons. The molecular weight excluding hydrogens is 316 g/mol. The van der Waals surface area contributed by atoms with Gasteiger partial charge in [-0.1, -0.05) is 19.3 Å². The molecule has 2 bridgehead atoms. The van der Waals surface area contributed by atoms with Gasteiger partial charge in [0.15, 0.2) is 0 Å². The Labute approximate surface area is 144 Å². The molecule has 6 nitrogen and oxygen atoms in total. The molecular formula is C16H29ClN4O2. The summed E-state index contributed by atoms with van der Waals surface area (Å²) in [4.78, 5) is 26.1. The van der Waals surface area contributed by atoms with Crippen LogP contribution < -0.4 is 16.0 Å². The second-order valence-electron chi connectivity index (χ2n) is 6.93. The fraction of sp³-hybridized carbons (Fsp3) is 0.875. The molecule has 3 amide bonds. The largest absolute Gasteiger partial charge is 0.340 e. The summed E-state index contributed by atoms with van der Waals surface area (Å²) >= 11 is 0. The molecule has 2 aliphatic heterocycles. The van der Waals surface area contributed by atoms with Crippen LogP contribution in [0.2, 0.25) is 0 Å². The Kier molecular flexibility index (Phi) is 6.96. The highest BCUT2D eigenvalue weighted by Gasteiger charge is 2.31. The summed E-state index contributed by atoms with van der Waals surface area (Å²) in [7, 11) is 0. The van der Waals surface area contributed by atoms with E-state index in [0.717, 1.165) is 38.8 Å². The third-order valence-corrected chi connectivity index (χ3v) is 5.22. The van der Waals surface area contributed by atoms with Gasteiger partial charge in [-0.15, -0.1) is 12.4 Å². The quantitative estimate of drug-likeness (QED) is 0.724. The van der Waals surface area contributed by atoms with Crippen LogP contribution in [-0.2, 0) is 4.79 Å². The summed E-state index contributed by atoms with van der Waals surface area (Å²) in [5.41, 5.74) is 0. The molecule has 0 spiro atoms. The summed E-state index contributed by atoms with van der Waals surface area (Å²) in [5.74, 6) is 0.0353. The van der Waals surface area contributed by atoms with Crippen molar-refractivity contribution in [1.82, 2.24) is 20.9 Å². The number of fused-ring (bicyclic) bond motifs is 2. The fourth-order valence-electron chi connectivity index (χ4n) is 3.92. The topological polar surface area (TPSA) is 73.5 Å². The fourth-order valence-corrected chi connectivity index (χ4v) is 3.92. The number of nitrogens with one attached hydrogen (secondary N) is 3. The van der Waals surface area contributed by atoms with Crippen molar-refractivity contribution in [3.63, 3.8) is 0 Å². The number of nitrogens with zero attached hydrogens (tertiary/aromatic N) is 1. The number of likely N-dealkylation sites (tertiary alicyclic amines) is 1. The first-order chi connectivity index (χ1) is 10.7. The predicted octanol–water partition coefficient (Wildman–Crippen LogP) is 1.39. The monoisotopic (exact) mass is 344 g/mol. The SMILES string of the molecule is Cl.O=C(NCC(=O)N1CCC2CCC(C1)N2)NC1CCCCC1. The van der Waals surface area contributed by atoms with Crippen molar-refractivity contribution in [2.24, 2.45) is 0 Å². The molecule has 3 aliphatic rings. The highest BCUT2D eigenvalue weighted by molar-refractivity contribution is 5.85. The smallest absolute Gasteiger partial charge is 0.315 e. The van der Waals surface area contributed by atoms with E-state index in [2.05, 4.69) is 16.0 Å². The van der Waals surface area contributed by atoms with Gasteiger partial charge in [0, 0.05) is 31.2 Å². The number of carbonyl (C=O) groups excluding carboxylic acids is 2. The Morgan fingerprint density at radius 3 is 2.52 bits per heavy atom.